The van der Waals surface area contributed by atoms with Crippen molar-refractivity contribution in [2.75, 3.05) is 26.3 Å². The Morgan fingerprint density at radius 3 is 2.52 bits per heavy atom. The van der Waals surface area contributed by atoms with Gasteiger partial charge < -0.3 is 14.2 Å². The number of hydrogen-bond donors (Lipinski definition) is 0. The van der Waals surface area contributed by atoms with Gasteiger partial charge in [0.1, 0.15) is 5.25 Å². The van der Waals surface area contributed by atoms with Crippen LogP contribution < -0.4 is 0 Å². The Hall–Kier alpha value is -2.71. The molecule has 1 atom stereocenters. The molecule has 150 valence electrons. The lowest BCUT2D eigenvalue weighted by atomic mass is 10.1. The third kappa shape index (κ3) is 4.33. The Bertz CT molecular complexity index is 942. The van der Waals surface area contributed by atoms with Crippen LogP contribution in [-0.2, 0) is 16.1 Å². The lowest BCUT2D eigenvalue weighted by molar-refractivity contribution is -0.134. The molecule has 1 aliphatic rings. The molecular formula is C21H23N5O2S. The topological polar surface area (TPSA) is 73.1 Å². The van der Waals surface area contributed by atoms with E-state index in [4.69, 9.17) is 4.74 Å². The van der Waals surface area contributed by atoms with E-state index in [1.54, 1.807) is 12.4 Å². The average Bonchev–Trinajstić information content (AvgIpc) is 3.21. The van der Waals surface area contributed by atoms with Crippen LogP contribution in [0.3, 0.4) is 0 Å². The summed E-state index contributed by atoms with van der Waals surface area (Å²) in [6, 6.07) is 13.7. The SMILES string of the molecule is CCn1c(S[C@@H](C(=O)N2CCOCC2)c2ccccc2)nnc1-c1ccncc1. The molecule has 1 fully saturated rings. The normalized spacial score (nSPS) is 15.3. The van der Waals surface area contributed by atoms with E-state index in [2.05, 4.69) is 22.1 Å². The summed E-state index contributed by atoms with van der Waals surface area (Å²) in [5, 5.41) is 9.16. The van der Waals surface area contributed by atoms with Gasteiger partial charge in [0.05, 0.1) is 13.2 Å². The summed E-state index contributed by atoms with van der Waals surface area (Å²) in [6.45, 7) is 5.15. The second-order valence-electron chi connectivity index (χ2n) is 6.63. The molecule has 4 rings (SSSR count). The van der Waals surface area contributed by atoms with Gasteiger partial charge in [-0.15, -0.1) is 10.2 Å². The molecule has 0 radical (unpaired) electrons. The van der Waals surface area contributed by atoms with Crippen molar-refractivity contribution < 1.29 is 9.53 Å². The summed E-state index contributed by atoms with van der Waals surface area (Å²) < 4.78 is 7.45. The van der Waals surface area contributed by atoms with Gasteiger partial charge in [-0.25, -0.2) is 0 Å². The van der Waals surface area contributed by atoms with E-state index in [-0.39, 0.29) is 11.2 Å². The number of thioether (sulfide) groups is 1. The summed E-state index contributed by atoms with van der Waals surface area (Å²) in [4.78, 5) is 19.3. The average molecular weight is 410 g/mol. The number of hydrogen-bond acceptors (Lipinski definition) is 6. The molecule has 1 aromatic carbocycles. The molecule has 7 nitrogen and oxygen atoms in total. The molecule has 2 aromatic heterocycles. The van der Waals surface area contributed by atoms with Crippen molar-refractivity contribution in [1.29, 1.82) is 0 Å². The van der Waals surface area contributed by atoms with E-state index in [1.807, 2.05) is 51.9 Å². The van der Waals surface area contributed by atoms with E-state index in [1.165, 1.54) is 11.8 Å². The van der Waals surface area contributed by atoms with E-state index < -0.39 is 0 Å². The molecule has 3 aromatic rings. The largest absolute Gasteiger partial charge is 0.378 e. The van der Waals surface area contributed by atoms with E-state index in [0.29, 0.717) is 32.8 Å². The van der Waals surface area contributed by atoms with Crippen LogP contribution in [0.15, 0.2) is 60.0 Å². The molecule has 8 heteroatoms. The van der Waals surface area contributed by atoms with E-state index in [0.717, 1.165) is 22.1 Å². The van der Waals surface area contributed by atoms with Gasteiger partial charge in [0, 0.05) is 37.6 Å². The number of rotatable bonds is 6. The lowest BCUT2D eigenvalue weighted by Crippen LogP contribution is -2.42. The van der Waals surface area contributed by atoms with Gasteiger partial charge in [0.2, 0.25) is 5.91 Å². The Kier molecular flexibility index (Phi) is 6.21. The van der Waals surface area contributed by atoms with Gasteiger partial charge >= 0.3 is 0 Å². The number of amides is 1. The molecule has 0 saturated carbocycles. The summed E-state index contributed by atoms with van der Waals surface area (Å²) in [5.74, 6) is 0.864. The maximum absolute atomic E-state index is 13.4. The highest BCUT2D eigenvalue weighted by molar-refractivity contribution is 8.00. The third-order valence-corrected chi connectivity index (χ3v) is 6.07. The molecule has 1 saturated heterocycles. The lowest BCUT2D eigenvalue weighted by Gasteiger charge is -2.30. The number of morpholine rings is 1. The Labute approximate surface area is 174 Å². The van der Waals surface area contributed by atoms with Crippen LogP contribution in [0.25, 0.3) is 11.4 Å². The number of nitrogens with zero attached hydrogens (tertiary/aromatic N) is 5. The molecule has 1 amide bonds. The molecular weight excluding hydrogens is 386 g/mol. The van der Waals surface area contributed by atoms with Gasteiger partial charge in [-0.05, 0) is 24.6 Å². The molecule has 1 aliphatic heterocycles. The minimum absolute atomic E-state index is 0.0839. The van der Waals surface area contributed by atoms with Crippen molar-refractivity contribution in [3.05, 3.63) is 60.4 Å². The minimum Gasteiger partial charge on any atom is -0.378 e. The zero-order valence-corrected chi connectivity index (χ0v) is 17.1. The van der Waals surface area contributed by atoms with Gasteiger partial charge in [0.15, 0.2) is 11.0 Å². The maximum atomic E-state index is 13.4. The van der Waals surface area contributed by atoms with Gasteiger partial charge in [0.25, 0.3) is 0 Å². The summed E-state index contributed by atoms with van der Waals surface area (Å²) in [5.41, 5.74) is 1.92. The van der Waals surface area contributed by atoms with Crippen LogP contribution in [-0.4, -0.2) is 56.9 Å². The fourth-order valence-corrected chi connectivity index (χ4v) is 4.50. The van der Waals surface area contributed by atoms with Crippen LogP contribution in [0.4, 0.5) is 0 Å². The van der Waals surface area contributed by atoms with Crippen LogP contribution >= 0.6 is 11.8 Å². The van der Waals surface area contributed by atoms with Crippen LogP contribution in [0.1, 0.15) is 17.7 Å². The molecule has 0 N–H and O–H groups in total. The number of ether oxygens (including phenoxy) is 1. The number of carbonyl (C=O) groups is 1. The fourth-order valence-electron chi connectivity index (χ4n) is 3.32. The Balaban J connectivity index is 1.66. The monoisotopic (exact) mass is 409 g/mol. The summed E-state index contributed by atoms with van der Waals surface area (Å²) in [7, 11) is 0. The van der Waals surface area contributed by atoms with E-state index in [9.17, 15) is 4.79 Å². The molecule has 0 unspecified atom stereocenters. The van der Waals surface area contributed by atoms with Gasteiger partial charge in [-0.2, -0.15) is 0 Å². The van der Waals surface area contributed by atoms with Gasteiger partial charge in [-0.3, -0.25) is 9.78 Å². The molecule has 3 heterocycles. The quantitative estimate of drug-likeness (QED) is 0.583. The van der Waals surface area contributed by atoms with Crippen molar-refractivity contribution in [1.82, 2.24) is 24.6 Å². The highest BCUT2D eigenvalue weighted by Gasteiger charge is 2.30. The Morgan fingerprint density at radius 1 is 1.10 bits per heavy atom. The van der Waals surface area contributed by atoms with Crippen LogP contribution in [0, 0.1) is 0 Å². The molecule has 0 spiro atoms. The highest BCUT2D eigenvalue weighted by Crippen LogP contribution is 2.37. The zero-order valence-electron chi connectivity index (χ0n) is 16.3. The standard InChI is InChI=1S/C21H23N5O2S/c1-2-26-19(17-8-10-22-11-9-17)23-24-21(26)29-18(16-6-4-3-5-7-16)20(27)25-12-14-28-15-13-25/h3-11,18H,2,12-15H2,1H3/t18-/m1/s1. The third-order valence-electron chi connectivity index (χ3n) is 4.84. The summed E-state index contributed by atoms with van der Waals surface area (Å²) >= 11 is 1.45. The smallest absolute Gasteiger partial charge is 0.240 e. The first-order valence-electron chi connectivity index (χ1n) is 9.69. The summed E-state index contributed by atoms with van der Waals surface area (Å²) in [6.07, 6.45) is 3.48. The number of carbonyl (C=O) groups excluding carboxylic acids is 1. The van der Waals surface area contributed by atoms with Crippen molar-refractivity contribution >= 4 is 17.7 Å². The predicted molar refractivity (Wildman–Crippen MR) is 111 cm³/mol. The second kappa shape index (κ2) is 9.19. The number of benzene rings is 1. The van der Waals surface area contributed by atoms with Crippen molar-refractivity contribution in [2.24, 2.45) is 0 Å². The van der Waals surface area contributed by atoms with Gasteiger partial charge in [-0.1, -0.05) is 42.1 Å². The highest BCUT2D eigenvalue weighted by atomic mass is 32.2. The fraction of sp³-hybridized carbons (Fsp3) is 0.333. The van der Waals surface area contributed by atoms with Crippen molar-refractivity contribution in [3.8, 4) is 11.4 Å². The first-order valence-corrected chi connectivity index (χ1v) is 10.6. The molecule has 29 heavy (non-hydrogen) atoms. The molecule has 0 bridgehead atoms. The van der Waals surface area contributed by atoms with E-state index >= 15 is 0 Å². The Morgan fingerprint density at radius 2 is 1.83 bits per heavy atom. The van der Waals surface area contributed by atoms with Crippen LogP contribution in [0.5, 0.6) is 0 Å². The first kappa shape index (κ1) is 19.6. The second-order valence-corrected chi connectivity index (χ2v) is 7.70. The van der Waals surface area contributed by atoms with Crippen molar-refractivity contribution in [2.45, 2.75) is 23.9 Å². The number of aromatic nitrogens is 4. The predicted octanol–water partition coefficient (Wildman–Crippen LogP) is 3.05. The van der Waals surface area contributed by atoms with Crippen LogP contribution in [0.2, 0.25) is 0 Å². The number of pyridine rings is 1. The minimum atomic E-state index is -0.380. The molecule has 0 aliphatic carbocycles. The first-order chi connectivity index (χ1) is 14.3. The maximum Gasteiger partial charge on any atom is 0.240 e. The zero-order chi connectivity index (χ0) is 20.1. The van der Waals surface area contributed by atoms with Crippen molar-refractivity contribution in [3.63, 3.8) is 0 Å².